The summed E-state index contributed by atoms with van der Waals surface area (Å²) < 4.78 is 5.38. The highest BCUT2D eigenvalue weighted by molar-refractivity contribution is 9.09. The summed E-state index contributed by atoms with van der Waals surface area (Å²) in [5.74, 6) is -0.140. The fourth-order valence-electron chi connectivity index (χ4n) is 2.21. The van der Waals surface area contributed by atoms with E-state index < -0.39 is 4.92 Å². The third-order valence-corrected chi connectivity index (χ3v) is 3.64. The molecule has 1 aliphatic carbocycles. The van der Waals surface area contributed by atoms with Crippen molar-refractivity contribution >= 4 is 27.5 Å². The zero-order chi connectivity index (χ0) is 15.4. The number of halogens is 1. The summed E-state index contributed by atoms with van der Waals surface area (Å²) in [6.07, 6.45) is 1.97. The Morgan fingerprint density at radius 2 is 2.24 bits per heavy atom. The van der Waals surface area contributed by atoms with Crippen molar-refractivity contribution < 1.29 is 14.5 Å². The molecule has 0 radical (unpaired) electrons. The van der Waals surface area contributed by atoms with E-state index in [0.717, 1.165) is 12.8 Å². The Hall–Kier alpha value is -1.63. The van der Waals surface area contributed by atoms with Gasteiger partial charge in [-0.1, -0.05) is 22.0 Å². The van der Waals surface area contributed by atoms with Crippen LogP contribution in [0.3, 0.4) is 0 Å². The van der Waals surface area contributed by atoms with E-state index in [1.165, 1.54) is 12.1 Å². The highest BCUT2D eigenvalue weighted by Crippen LogP contribution is 2.34. The lowest BCUT2D eigenvalue weighted by Crippen LogP contribution is -2.35. The van der Waals surface area contributed by atoms with E-state index in [-0.39, 0.29) is 35.6 Å². The third kappa shape index (κ3) is 3.53. The van der Waals surface area contributed by atoms with Gasteiger partial charge in [0.25, 0.3) is 5.91 Å². The Morgan fingerprint density at radius 1 is 1.52 bits per heavy atom. The van der Waals surface area contributed by atoms with E-state index in [4.69, 9.17) is 4.74 Å². The second kappa shape index (κ2) is 6.89. The molecule has 0 unspecified atom stereocenters. The van der Waals surface area contributed by atoms with E-state index in [1.807, 2.05) is 0 Å². The first-order chi connectivity index (χ1) is 10.1. The van der Waals surface area contributed by atoms with Gasteiger partial charge in [-0.2, -0.15) is 0 Å². The summed E-state index contributed by atoms with van der Waals surface area (Å²) in [6.45, 7) is 2.59. The molecule has 1 aromatic carbocycles. The van der Waals surface area contributed by atoms with E-state index in [9.17, 15) is 14.9 Å². The molecule has 0 heterocycles. The Balaban J connectivity index is 2.39. The summed E-state index contributed by atoms with van der Waals surface area (Å²) >= 11 is 3.34. The number of para-hydroxylation sites is 1. The van der Waals surface area contributed by atoms with Gasteiger partial charge in [0.05, 0.1) is 17.1 Å². The molecule has 21 heavy (non-hydrogen) atoms. The number of ether oxygens (including phenoxy) is 1. The number of rotatable bonds is 7. The van der Waals surface area contributed by atoms with Crippen LogP contribution in [0.25, 0.3) is 0 Å². The van der Waals surface area contributed by atoms with E-state index in [0.29, 0.717) is 11.9 Å². The topological polar surface area (TPSA) is 72.7 Å². The normalized spacial score (nSPS) is 13.8. The summed E-state index contributed by atoms with van der Waals surface area (Å²) in [4.78, 5) is 25.0. The lowest BCUT2D eigenvalue weighted by molar-refractivity contribution is -0.385. The van der Waals surface area contributed by atoms with Gasteiger partial charge in [0.2, 0.25) is 5.75 Å². The van der Waals surface area contributed by atoms with Gasteiger partial charge >= 0.3 is 5.69 Å². The summed E-state index contributed by atoms with van der Waals surface area (Å²) in [5, 5.41) is 11.8. The first-order valence-electron chi connectivity index (χ1n) is 6.87. The van der Waals surface area contributed by atoms with Gasteiger partial charge in [-0.15, -0.1) is 0 Å². The monoisotopic (exact) mass is 356 g/mol. The summed E-state index contributed by atoms with van der Waals surface area (Å²) in [5.41, 5.74) is 0.0937. The van der Waals surface area contributed by atoms with Crippen molar-refractivity contribution in [2.45, 2.75) is 25.8 Å². The molecular formula is C14H17BrN2O4. The molecule has 1 aliphatic rings. The number of hydrogen-bond donors (Lipinski definition) is 0. The molecule has 0 bridgehead atoms. The summed E-state index contributed by atoms with van der Waals surface area (Å²) in [7, 11) is 0. The predicted molar refractivity (Wildman–Crippen MR) is 82.1 cm³/mol. The van der Waals surface area contributed by atoms with Gasteiger partial charge < -0.3 is 9.64 Å². The van der Waals surface area contributed by atoms with Gasteiger partial charge in [-0.05, 0) is 25.8 Å². The molecule has 0 aromatic heterocycles. The largest absolute Gasteiger partial charge is 0.487 e. The lowest BCUT2D eigenvalue weighted by Gasteiger charge is -2.22. The molecule has 1 aromatic rings. The maximum absolute atomic E-state index is 12.7. The van der Waals surface area contributed by atoms with Crippen LogP contribution in [0.15, 0.2) is 18.2 Å². The second-order valence-corrected chi connectivity index (χ2v) is 5.56. The Bertz CT molecular complexity index is 546. The maximum atomic E-state index is 12.7. The minimum atomic E-state index is -0.520. The molecule has 0 spiro atoms. The van der Waals surface area contributed by atoms with Crippen LogP contribution in [0.5, 0.6) is 5.75 Å². The minimum Gasteiger partial charge on any atom is -0.487 e. The Labute approximate surface area is 131 Å². The quantitative estimate of drug-likeness (QED) is 0.427. The van der Waals surface area contributed by atoms with Crippen LogP contribution >= 0.6 is 15.9 Å². The van der Waals surface area contributed by atoms with Crippen LogP contribution in [-0.2, 0) is 0 Å². The van der Waals surface area contributed by atoms with Crippen LogP contribution in [0, 0.1) is 10.1 Å². The zero-order valence-electron chi connectivity index (χ0n) is 11.8. The zero-order valence-corrected chi connectivity index (χ0v) is 13.3. The molecular weight excluding hydrogens is 340 g/mol. The maximum Gasteiger partial charge on any atom is 0.311 e. The fraction of sp³-hybridized carbons (Fsp3) is 0.500. The molecule has 0 aliphatic heterocycles. The smallest absolute Gasteiger partial charge is 0.311 e. The van der Waals surface area contributed by atoms with Crippen molar-refractivity contribution in [3.8, 4) is 5.75 Å². The van der Waals surface area contributed by atoms with Crippen molar-refractivity contribution in [3.05, 3.63) is 33.9 Å². The molecule has 1 amide bonds. The number of alkyl halides is 1. The van der Waals surface area contributed by atoms with Gasteiger partial charge in [-0.3, -0.25) is 14.9 Å². The Morgan fingerprint density at radius 3 is 2.76 bits per heavy atom. The number of carbonyl (C=O) groups is 1. The molecule has 6 nitrogen and oxygen atoms in total. The van der Waals surface area contributed by atoms with Crippen molar-refractivity contribution in [2.24, 2.45) is 0 Å². The molecule has 0 saturated heterocycles. The van der Waals surface area contributed by atoms with E-state index in [2.05, 4.69) is 15.9 Å². The highest BCUT2D eigenvalue weighted by Gasteiger charge is 2.35. The standard InChI is InChI=1S/C14H17BrN2O4/c1-2-21-13-11(4-3-5-12(13)17(19)20)14(18)16(9-8-15)10-6-7-10/h3-5,10H,2,6-9H2,1H3. The number of carbonyl (C=O) groups excluding carboxylic acids is 1. The lowest BCUT2D eigenvalue weighted by atomic mass is 10.1. The van der Waals surface area contributed by atoms with Crippen molar-refractivity contribution in [1.82, 2.24) is 4.90 Å². The molecule has 1 fully saturated rings. The van der Waals surface area contributed by atoms with E-state index in [1.54, 1.807) is 17.9 Å². The molecule has 114 valence electrons. The van der Waals surface area contributed by atoms with E-state index >= 15 is 0 Å². The van der Waals surface area contributed by atoms with Gasteiger partial charge in [0.15, 0.2) is 0 Å². The highest BCUT2D eigenvalue weighted by atomic mass is 79.9. The fourth-order valence-corrected chi connectivity index (χ4v) is 2.60. The van der Waals surface area contributed by atoms with Crippen LogP contribution < -0.4 is 4.74 Å². The number of nitro benzene ring substituents is 1. The third-order valence-electron chi connectivity index (χ3n) is 3.28. The number of hydrogen-bond acceptors (Lipinski definition) is 4. The van der Waals surface area contributed by atoms with Crippen LogP contribution in [-0.4, -0.2) is 40.3 Å². The summed E-state index contributed by atoms with van der Waals surface area (Å²) in [6, 6.07) is 4.70. The van der Waals surface area contributed by atoms with Crippen molar-refractivity contribution in [3.63, 3.8) is 0 Å². The van der Waals surface area contributed by atoms with Crippen LogP contribution in [0.2, 0.25) is 0 Å². The minimum absolute atomic E-state index is 0.0650. The molecule has 2 rings (SSSR count). The molecule has 0 atom stereocenters. The van der Waals surface area contributed by atoms with Gasteiger partial charge in [0, 0.05) is 24.0 Å². The second-order valence-electron chi connectivity index (χ2n) is 4.76. The van der Waals surface area contributed by atoms with Gasteiger partial charge in [0.1, 0.15) is 0 Å². The number of amides is 1. The average Bonchev–Trinajstić information content (AvgIpc) is 3.29. The first-order valence-corrected chi connectivity index (χ1v) is 7.99. The molecule has 7 heteroatoms. The molecule has 0 N–H and O–H groups in total. The van der Waals surface area contributed by atoms with Crippen LogP contribution in [0.4, 0.5) is 5.69 Å². The predicted octanol–water partition coefficient (Wildman–Crippen LogP) is 2.99. The van der Waals surface area contributed by atoms with Gasteiger partial charge in [-0.25, -0.2) is 0 Å². The number of benzene rings is 1. The van der Waals surface area contributed by atoms with Crippen molar-refractivity contribution in [1.29, 1.82) is 0 Å². The van der Waals surface area contributed by atoms with Crippen molar-refractivity contribution in [2.75, 3.05) is 18.5 Å². The van der Waals surface area contributed by atoms with Crippen LogP contribution in [0.1, 0.15) is 30.1 Å². The molecule has 1 saturated carbocycles. The first kappa shape index (κ1) is 15.8. The Kier molecular flexibility index (Phi) is 5.17. The SMILES string of the molecule is CCOc1c(C(=O)N(CCBr)C2CC2)cccc1[N+](=O)[O-]. The number of nitrogens with zero attached hydrogens (tertiary/aromatic N) is 2. The average molecular weight is 357 g/mol. The number of nitro groups is 1.